The summed E-state index contributed by atoms with van der Waals surface area (Å²) in [5.74, 6) is -0.117. The van der Waals surface area contributed by atoms with E-state index in [9.17, 15) is 9.00 Å². The number of hydrogen-bond donors (Lipinski definition) is 2. The summed E-state index contributed by atoms with van der Waals surface area (Å²) >= 11 is 0. The SMILES string of the molecule is C[C@@H]1C[S@@](=O)C[C@@H](C(=O)O)N1. The van der Waals surface area contributed by atoms with E-state index < -0.39 is 22.8 Å². The average Bonchev–Trinajstić information content (AvgIpc) is 1.85. The number of hydrogen-bond acceptors (Lipinski definition) is 3. The summed E-state index contributed by atoms with van der Waals surface area (Å²) in [5, 5.41) is 11.4. The van der Waals surface area contributed by atoms with Crippen LogP contribution in [0.15, 0.2) is 0 Å². The van der Waals surface area contributed by atoms with Gasteiger partial charge in [0.05, 0.1) is 0 Å². The third-order valence-corrected chi connectivity index (χ3v) is 3.15. The smallest absolute Gasteiger partial charge is 0.321 e. The molecule has 0 amide bonds. The fourth-order valence-electron chi connectivity index (χ4n) is 1.12. The first-order chi connectivity index (χ1) is 5.09. The average molecular weight is 177 g/mol. The molecule has 64 valence electrons. The number of carboxylic acids is 1. The van der Waals surface area contributed by atoms with Crippen LogP contribution in [-0.2, 0) is 15.6 Å². The normalized spacial score (nSPS) is 38.5. The van der Waals surface area contributed by atoms with Gasteiger partial charge >= 0.3 is 5.97 Å². The van der Waals surface area contributed by atoms with Crippen LogP contribution in [0.4, 0.5) is 0 Å². The lowest BCUT2D eigenvalue weighted by Gasteiger charge is -2.24. The van der Waals surface area contributed by atoms with E-state index in [2.05, 4.69) is 5.32 Å². The standard InChI is InChI=1S/C6H11NO3S/c1-4-2-11(10)3-5(7-4)6(8)9/h4-5,7H,2-3H2,1H3,(H,8,9)/t4-,5+,11-/m1/s1. The Kier molecular flexibility index (Phi) is 2.62. The van der Waals surface area contributed by atoms with Gasteiger partial charge in [-0.2, -0.15) is 0 Å². The van der Waals surface area contributed by atoms with Crippen LogP contribution in [0.5, 0.6) is 0 Å². The van der Waals surface area contributed by atoms with Gasteiger partial charge in [-0.1, -0.05) is 0 Å². The molecular weight excluding hydrogens is 166 g/mol. The van der Waals surface area contributed by atoms with Crippen LogP contribution in [0.25, 0.3) is 0 Å². The number of aliphatic carboxylic acids is 1. The molecule has 0 aromatic carbocycles. The molecule has 1 fully saturated rings. The van der Waals surface area contributed by atoms with Crippen LogP contribution >= 0.6 is 0 Å². The molecular formula is C6H11NO3S. The Morgan fingerprint density at radius 2 is 2.27 bits per heavy atom. The molecule has 4 nitrogen and oxygen atoms in total. The van der Waals surface area contributed by atoms with E-state index in [0.29, 0.717) is 5.75 Å². The van der Waals surface area contributed by atoms with Crippen molar-refractivity contribution in [2.24, 2.45) is 0 Å². The Bertz CT molecular complexity index is 194. The second-order valence-corrected chi connectivity index (χ2v) is 4.28. The zero-order valence-corrected chi connectivity index (χ0v) is 7.06. The monoisotopic (exact) mass is 177 g/mol. The van der Waals surface area contributed by atoms with Gasteiger partial charge in [0, 0.05) is 28.3 Å². The third-order valence-electron chi connectivity index (χ3n) is 1.57. The maximum absolute atomic E-state index is 11.0. The first-order valence-electron chi connectivity index (χ1n) is 3.43. The quantitative estimate of drug-likeness (QED) is 0.549. The predicted octanol–water partition coefficient (Wildman–Crippen LogP) is -0.820. The lowest BCUT2D eigenvalue weighted by molar-refractivity contribution is -0.139. The molecule has 2 N–H and O–H groups in total. The summed E-state index contributed by atoms with van der Waals surface area (Å²) in [4.78, 5) is 10.4. The lowest BCUT2D eigenvalue weighted by atomic mass is 10.3. The van der Waals surface area contributed by atoms with Gasteiger partial charge in [0.15, 0.2) is 0 Å². The summed E-state index contributed by atoms with van der Waals surface area (Å²) in [6.07, 6.45) is 0. The number of carbonyl (C=O) groups is 1. The van der Waals surface area contributed by atoms with Crippen molar-refractivity contribution in [1.29, 1.82) is 0 Å². The molecule has 1 heterocycles. The Morgan fingerprint density at radius 3 is 2.73 bits per heavy atom. The molecule has 5 heteroatoms. The van der Waals surface area contributed by atoms with Crippen LogP contribution in [0.1, 0.15) is 6.92 Å². The van der Waals surface area contributed by atoms with E-state index in [1.165, 1.54) is 0 Å². The van der Waals surface area contributed by atoms with Crippen molar-refractivity contribution in [1.82, 2.24) is 5.32 Å². The molecule has 1 aliphatic rings. The molecule has 0 bridgehead atoms. The molecule has 0 aromatic heterocycles. The molecule has 1 aliphatic heterocycles. The van der Waals surface area contributed by atoms with Gasteiger partial charge in [-0.3, -0.25) is 9.00 Å². The van der Waals surface area contributed by atoms with Gasteiger partial charge in [-0.25, -0.2) is 0 Å². The van der Waals surface area contributed by atoms with E-state index in [0.717, 1.165) is 0 Å². The molecule has 1 rings (SSSR count). The highest BCUT2D eigenvalue weighted by molar-refractivity contribution is 7.85. The van der Waals surface area contributed by atoms with E-state index in [-0.39, 0.29) is 11.8 Å². The second kappa shape index (κ2) is 3.32. The topological polar surface area (TPSA) is 66.4 Å². The number of rotatable bonds is 1. The first-order valence-corrected chi connectivity index (χ1v) is 4.92. The molecule has 0 radical (unpaired) electrons. The summed E-state index contributed by atoms with van der Waals surface area (Å²) in [5.41, 5.74) is 0. The molecule has 0 spiro atoms. The molecule has 0 aromatic rings. The zero-order valence-electron chi connectivity index (χ0n) is 6.24. The molecule has 0 saturated carbocycles. The van der Waals surface area contributed by atoms with Gasteiger partial charge < -0.3 is 10.4 Å². The van der Waals surface area contributed by atoms with Crippen LogP contribution in [0, 0.1) is 0 Å². The summed E-state index contributed by atoms with van der Waals surface area (Å²) in [6, 6.07) is -0.578. The highest BCUT2D eigenvalue weighted by atomic mass is 32.2. The fraction of sp³-hybridized carbons (Fsp3) is 0.833. The Labute approximate surface area is 67.4 Å². The van der Waals surface area contributed by atoms with Crippen LogP contribution in [0.3, 0.4) is 0 Å². The minimum atomic E-state index is -0.964. The Balaban J connectivity index is 2.56. The molecule has 11 heavy (non-hydrogen) atoms. The van der Waals surface area contributed by atoms with Crippen molar-refractivity contribution in [2.45, 2.75) is 19.0 Å². The van der Waals surface area contributed by atoms with Crippen molar-refractivity contribution in [3.63, 3.8) is 0 Å². The third kappa shape index (κ3) is 2.27. The van der Waals surface area contributed by atoms with Gasteiger partial charge in [0.25, 0.3) is 0 Å². The van der Waals surface area contributed by atoms with Crippen LogP contribution in [-0.4, -0.2) is 38.9 Å². The molecule has 1 saturated heterocycles. The maximum Gasteiger partial charge on any atom is 0.321 e. The van der Waals surface area contributed by atoms with Crippen molar-refractivity contribution in [3.05, 3.63) is 0 Å². The Hall–Kier alpha value is -0.420. The minimum Gasteiger partial charge on any atom is -0.480 e. The zero-order chi connectivity index (χ0) is 8.43. The summed E-state index contributed by atoms with van der Waals surface area (Å²) < 4.78 is 11.0. The van der Waals surface area contributed by atoms with Gasteiger partial charge in [0.2, 0.25) is 0 Å². The minimum absolute atomic E-state index is 0.0469. The second-order valence-electron chi connectivity index (χ2n) is 2.73. The highest BCUT2D eigenvalue weighted by Crippen LogP contribution is 2.02. The van der Waals surface area contributed by atoms with E-state index in [4.69, 9.17) is 5.11 Å². The van der Waals surface area contributed by atoms with Crippen LogP contribution in [0.2, 0.25) is 0 Å². The maximum atomic E-state index is 11.0. The van der Waals surface area contributed by atoms with Crippen molar-refractivity contribution < 1.29 is 14.1 Å². The van der Waals surface area contributed by atoms with Crippen molar-refractivity contribution >= 4 is 16.8 Å². The number of carboxylic acid groups (broad SMARTS) is 1. The van der Waals surface area contributed by atoms with Gasteiger partial charge in [-0.05, 0) is 6.92 Å². The highest BCUT2D eigenvalue weighted by Gasteiger charge is 2.27. The van der Waals surface area contributed by atoms with Gasteiger partial charge in [-0.15, -0.1) is 0 Å². The molecule has 0 unspecified atom stereocenters. The van der Waals surface area contributed by atoms with Crippen molar-refractivity contribution in [3.8, 4) is 0 Å². The predicted molar refractivity (Wildman–Crippen MR) is 41.9 cm³/mol. The molecule has 0 aliphatic carbocycles. The van der Waals surface area contributed by atoms with E-state index >= 15 is 0 Å². The largest absolute Gasteiger partial charge is 0.480 e. The van der Waals surface area contributed by atoms with Crippen LogP contribution < -0.4 is 5.32 Å². The van der Waals surface area contributed by atoms with Gasteiger partial charge in [0.1, 0.15) is 6.04 Å². The van der Waals surface area contributed by atoms with E-state index in [1.54, 1.807) is 0 Å². The van der Waals surface area contributed by atoms with E-state index in [1.807, 2.05) is 6.92 Å². The number of nitrogens with one attached hydrogen (secondary N) is 1. The summed E-state index contributed by atoms with van der Waals surface area (Å²) in [6.45, 7) is 1.84. The first kappa shape index (κ1) is 8.67. The summed E-state index contributed by atoms with van der Waals surface area (Å²) in [7, 11) is -0.964. The fourth-order valence-corrected chi connectivity index (χ4v) is 2.52. The van der Waals surface area contributed by atoms with Crippen molar-refractivity contribution in [2.75, 3.05) is 11.5 Å². The lowest BCUT2D eigenvalue weighted by Crippen LogP contribution is -2.52. The molecule has 3 atom stereocenters. The Morgan fingerprint density at radius 1 is 1.64 bits per heavy atom.